The first kappa shape index (κ1) is 16.7. The van der Waals surface area contributed by atoms with E-state index in [2.05, 4.69) is 77.6 Å². The molecule has 1 aromatic heterocycles. The molecule has 0 fully saturated rings. The highest BCUT2D eigenvalue weighted by Crippen LogP contribution is 2.25. The molecule has 3 aromatic rings. The number of rotatable bonds is 7. The standard InChI is InChI=1S/C21H27N2O/c1-4-5-15-22-17(2)23(20-14-10-9-13-19(20)22)21(16-24-3)18-11-7-6-8-12-18/h6-14,21H,4-5,15-16H2,1-3H3/q+1/t21-/m0/s1. The molecule has 0 saturated heterocycles. The number of unbranched alkanes of at least 4 members (excludes halogenated alkanes) is 1. The van der Waals surface area contributed by atoms with Crippen molar-refractivity contribution in [3.05, 3.63) is 66.0 Å². The molecular weight excluding hydrogens is 296 g/mol. The van der Waals surface area contributed by atoms with E-state index in [-0.39, 0.29) is 6.04 Å². The monoisotopic (exact) mass is 323 g/mol. The van der Waals surface area contributed by atoms with Crippen LogP contribution < -0.4 is 4.57 Å². The number of hydrogen-bond acceptors (Lipinski definition) is 1. The van der Waals surface area contributed by atoms with Crippen LogP contribution in [-0.2, 0) is 11.3 Å². The van der Waals surface area contributed by atoms with E-state index < -0.39 is 0 Å². The number of fused-ring (bicyclic) bond motifs is 1. The average Bonchev–Trinajstić information content (AvgIpc) is 2.90. The van der Waals surface area contributed by atoms with Crippen molar-refractivity contribution in [2.24, 2.45) is 0 Å². The van der Waals surface area contributed by atoms with Crippen LogP contribution >= 0.6 is 0 Å². The summed E-state index contributed by atoms with van der Waals surface area (Å²) in [5.74, 6) is 1.29. The lowest BCUT2D eigenvalue weighted by Crippen LogP contribution is -2.37. The van der Waals surface area contributed by atoms with Gasteiger partial charge in [-0.1, -0.05) is 55.8 Å². The van der Waals surface area contributed by atoms with Crippen LogP contribution in [0.3, 0.4) is 0 Å². The predicted molar refractivity (Wildman–Crippen MR) is 98.2 cm³/mol. The first-order valence-corrected chi connectivity index (χ1v) is 8.81. The Balaban J connectivity index is 2.18. The third kappa shape index (κ3) is 3.09. The molecule has 0 bridgehead atoms. The summed E-state index contributed by atoms with van der Waals surface area (Å²) in [5, 5.41) is 0. The minimum atomic E-state index is 0.184. The van der Waals surface area contributed by atoms with Crippen LogP contribution in [0.4, 0.5) is 0 Å². The van der Waals surface area contributed by atoms with E-state index in [4.69, 9.17) is 4.74 Å². The van der Waals surface area contributed by atoms with Crippen molar-refractivity contribution < 1.29 is 9.30 Å². The molecule has 0 aliphatic rings. The quantitative estimate of drug-likeness (QED) is 0.594. The van der Waals surface area contributed by atoms with Crippen LogP contribution in [0, 0.1) is 6.92 Å². The van der Waals surface area contributed by atoms with Gasteiger partial charge >= 0.3 is 0 Å². The summed E-state index contributed by atoms with van der Waals surface area (Å²) in [5.41, 5.74) is 3.86. The maximum absolute atomic E-state index is 5.58. The van der Waals surface area contributed by atoms with Crippen LogP contribution in [0.5, 0.6) is 0 Å². The number of methoxy groups -OCH3 is 1. The van der Waals surface area contributed by atoms with Crippen molar-refractivity contribution >= 4 is 11.0 Å². The lowest BCUT2D eigenvalue weighted by molar-refractivity contribution is -0.679. The molecule has 0 spiro atoms. The molecule has 3 heteroatoms. The second-order valence-electron chi connectivity index (χ2n) is 6.29. The summed E-state index contributed by atoms with van der Waals surface area (Å²) in [6.07, 6.45) is 2.39. The summed E-state index contributed by atoms with van der Waals surface area (Å²) in [6.45, 7) is 6.19. The van der Waals surface area contributed by atoms with Gasteiger partial charge in [-0.25, -0.2) is 9.13 Å². The number of nitrogens with zero attached hydrogens (tertiary/aromatic N) is 2. The fourth-order valence-electron chi connectivity index (χ4n) is 3.52. The fraction of sp³-hybridized carbons (Fsp3) is 0.381. The van der Waals surface area contributed by atoms with Crippen LogP contribution in [0.2, 0.25) is 0 Å². The molecule has 24 heavy (non-hydrogen) atoms. The average molecular weight is 323 g/mol. The molecule has 0 amide bonds. The number of imidazole rings is 1. The highest BCUT2D eigenvalue weighted by atomic mass is 16.5. The van der Waals surface area contributed by atoms with Gasteiger partial charge in [0.2, 0.25) is 0 Å². The molecule has 1 atom stereocenters. The van der Waals surface area contributed by atoms with Gasteiger partial charge in [0, 0.05) is 14.0 Å². The van der Waals surface area contributed by atoms with Crippen molar-refractivity contribution in [2.75, 3.05) is 13.7 Å². The zero-order valence-corrected chi connectivity index (χ0v) is 14.9. The van der Waals surface area contributed by atoms with Gasteiger partial charge in [0.15, 0.2) is 11.0 Å². The van der Waals surface area contributed by atoms with Crippen molar-refractivity contribution in [1.82, 2.24) is 4.57 Å². The number of benzene rings is 2. The van der Waals surface area contributed by atoms with Crippen LogP contribution in [0.15, 0.2) is 54.6 Å². The van der Waals surface area contributed by atoms with E-state index in [1.807, 2.05) is 0 Å². The van der Waals surface area contributed by atoms with Crippen LogP contribution in [0.1, 0.15) is 37.2 Å². The van der Waals surface area contributed by atoms with Crippen molar-refractivity contribution in [3.8, 4) is 0 Å². The summed E-state index contributed by atoms with van der Waals surface area (Å²) in [7, 11) is 1.78. The number of para-hydroxylation sites is 2. The van der Waals surface area contributed by atoms with E-state index >= 15 is 0 Å². The molecule has 126 valence electrons. The number of ether oxygens (including phenoxy) is 1. The molecule has 3 nitrogen and oxygen atoms in total. The zero-order chi connectivity index (χ0) is 16.9. The Hall–Kier alpha value is -2.13. The third-order valence-corrected chi connectivity index (χ3v) is 4.73. The first-order chi connectivity index (χ1) is 11.8. The Morgan fingerprint density at radius 2 is 1.75 bits per heavy atom. The van der Waals surface area contributed by atoms with Crippen molar-refractivity contribution in [1.29, 1.82) is 0 Å². The van der Waals surface area contributed by atoms with Crippen LogP contribution in [-0.4, -0.2) is 18.3 Å². The Bertz CT molecular complexity index is 792. The Kier molecular flexibility index (Phi) is 5.31. The van der Waals surface area contributed by atoms with Gasteiger partial charge in [-0.2, -0.15) is 0 Å². The SMILES string of the molecule is CCCC[n+]1c(C)n([C@@H](COC)c2ccccc2)c2ccccc21. The first-order valence-electron chi connectivity index (χ1n) is 8.81. The van der Waals surface area contributed by atoms with Gasteiger partial charge < -0.3 is 4.74 Å². The molecule has 0 unspecified atom stereocenters. The second-order valence-corrected chi connectivity index (χ2v) is 6.29. The minimum absolute atomic E-state index is 0.184. The topological polar surface area (TPSA) is 18.0 Å². The molecule has 0 aliphatic carbocycles. The molecule has 1 heterocycles. The van der Waals surface area contributed by atoms with Gasteiger partial charge in [0.25, 0.3) is 5.82 Å². The highest BCUT2D eigenvalue weighted by molar-refractivity contribution is 5.72. The molecule has 3 rings (SSSR count). The maximum atomic E-state index is 5.58. The van der Waals surface area contributed by atoms with E-state index in [0.717, 1.165) is 6.54 Å². The van der Waals surface area contributed by atoms with E-state index in [1.165, 1.54) is 35.3 Å². The van der Waals surface area contributed by atoms with E-state index in [1.54, 1.807) is 7.11 Å². The van der Waals surface area contributed by atoms with Crippen LogP contribution in [0.25, 0.3) is 11.0 Å². The van der Waals surface area contributed by atoms with Gasteiger partial charge in [0.05, 0.1) is 13.2 Å². The minimum Gasteiger partial charge on any atom is -0.380 e. The Morgan fingerprint density at radius 1 is 1.04 bits per heavy atom. The Morgan fingerprint density at radius 3 is 2.46 bits per heavy atom. The second kappa shape index (κ2) is 7.63. The molecule has 0 saturated carbocycles. The molecular formula is C21H27N2O+. The fourth-order valence-corrected chi connectivity index (χ4v) is 3.52. The normalized spacial score (nSPS) is 12.6. The van der Waals surface area contributed by atoms with Gasteiger partial charge in [-0.05, 0) is 24.1 Å². The van der Waals surface area contributed by atoms with Crippen molar-refractivity contribution in [3.63, 3.8) is 0 Å². The predicted octanol–water partition coefficient (Wildman–Crippen LogP) is 4.27. The van der Waals surface area contributed by atoms with E-state index in [0.29, 0.717) is 6.61 Å². The zero-order valence-electron chi connectivity index (χ0n) is 14.9. The summed E-state index contributed by atoms with van der Waals surface area (Å²) in [6, 6.07) is 19.5. The van der Waals surface area contributed by atoms with Crippen molar-refractivity contribution in [2.45, 2.75) is 39.3 Å². The number of hydrogen-bond donors (Lipinski definition) is 0. The smallest absolute Gasteiger partial charge is 0.254 e. The van der Waals surface area contributed by atoms with Gasteiger partial charge in [-0.15, -0.1) is 0 Å². The third-order valence-electron chi connectivity index (χ3n) is 4.73. The highest BCUT2D eigenvalue weighted by Gasteiger charge is 2.28. The Labute approximate surface area is 144 Å². The molecule has 0 N–H and O–H groups in total. The number of aryl methyl sites for hydroxylation is 1. The number of aromatic nitrogens is 2. The van der Waals surface area contributed by atoms with Gasteiger partial charge in [-0.3, -0.25) is 0 Å². The lowest BCUT2D eigenvalue weighted by Gasteiger charge is -2.15. The van der Waals surface area contributed by atoms with E-state index in [9.17, 15) is 0 Å². The molecule has 0 radical (unpaired) electrons. The molecule has 2 aromatic carbocycles. The van der Waals surface area contributed by atoms with Gasteiger partial charge in [0.1, 0.15) is 6.04 Å². The molecule has 0 aliphatic heterocycles. The summed E-state index contributed by atoms with van der Waals surface area (Å²) in [4.78, 5) is 0. The summed E-state index contributed by atoms with van der Waals surface area (Å²) < 4.78 is 10.5. The largest absolute Gasteiger partial charge is 0.380 e. The lowest BCUT2D eigenvalue weighted by atomic mass is 10.1. The summed E-state index contributed by atoms with van der Waals surface area (Å²) >= 11 is 0. The maximum Gasteiger partial charge on any atom is 0.254 e.